The molecule has 0 aliphatic rings. The molecule has 0 saturated carbocycles. The molecule has 0 bridgehead atoms. The molecule has 2 nitrogen and oxygen atoms in total. The average Bonchev–Trinajstić information content (AvgIpc) is 2.25. The van der Waals surface area contributed by atoms with Gasteiger partial charge < -0.3 is 10.5 Å². The van der Waals surface area contributed by atoms with Gasteiger partial charge in [-0.05, 0) is 24.5 Å². The Morgan fingerprint density at radius 3 is 2.29 bits per heavy atom. The van der Waals surface area contributed by atoms with Crippen LogP contribution in [0.1, 0.15) is 20.3 Å². The standard InChI is InChI=1S/C12H18F3NO/c1-5-8(2)11(16)7-6-10(9(3)17-4)12(13,14)15/h6-8H,3,5,16H2,1-2,4H3/b10-6+,11-7+. The Bertz CT molecular complexity index is 329. The second kappa shape index (κ2) is 6.37. The quantitative estimate of drug-likeness (QED) is 0.597. The van der Waals surface area contributed by atoms with E-state index < -0.39 is 17.5 Å². The summed E-state index contributed by atoms with van der Waals surface area (Å²) in [5.41, 5.74) is 5.12. The first-order chi connectivity index (χ1) is 7.73. The zero-order valence-corrected chi connectivity index (χ0v) is 10.3. The molecule has 2 N–H and O–H groups in total. The fraction of sp³-hybridized carbons (Fsp3) is 0.500. The molecular formula is C12H18F3NO. The molecule has 17 heavy (non-hydrogen) atoms. The van der Waals surface area contributed by atoms with Crippen molar-refractivity contribution >= 4 is 0 Å². The minimum absolute atomic E-state index is 0.0385. The first kappa shape index (κ1) is 15.6. The van der Waals surface area contributed by atoms with Crippen LogP contribution in [0.15, 0.2) is 35.8 Å². The highest BCUT2D eigenvalue weighted by Gasteiger charge is 2.35. The molecule has 0 heterocycles. The predicted molar refractivity (Wildman–Crippen MR) is 62.0 cm³/mol. The van der Waals surface area contributed by atoms with Gasteiger partial charge in [0.15, 0.2) is 0 Å². The van der Waals surface area contributed by atoms with Gasteiger partial charge in [-0.25, -0.2) is 0 Å². The number of nitrogens with two attached hydrogens (primary N) is 1. The Hall–Kier alpha value is -1.39. The van der Waals surface area contributed by atoms with Crippen LogP contribution in [0.2, 0.25) is 0 Å². The summed E-state index contributed by atoms with van der Waals surface area (Å²) in [7, 11) is 1.14. The monoisotopic (exact) mass is 249 g/mol. The molecule has 0 saturated heterocycles. The van der Waals surface area contributed by atoms with Crippen LogP contribution in [-0.4, -0.2) is 13.3 Å². The van der Waals surface area contributed by atoms with Crippen molar-refractivity contribution in [2.75, 3.05) is 7.11 Å². The smallest absolute Gasteiger partial charge is 0.419 e. The third-order valence-corrected chi connectivity index (χ3v) is 2.48. The molecule has 98 valence electrons. The van der Waals surface area contributed by atoms with E-state index in [1.807, 2.05) is 13.8 Å². The van der Waals surface area contributed by atoms with Crippen molar-refractivity contribution in [3.63, 3.8) is 0 Å². The highest BCUT2D eigenvalue weighted by molar-refractivity contribution is 5.32. The second-order valence-corrected chi connectivity index (χ2v) is 3.68. The summed E-state index contributed by atoms with van der Waals surface area (Å²) in [6.07, 6.45) is -1.59. The summed E-state index contributed by atoms with van der Waals surface area (Å²) in [6.45, 7) is 6.96. The molecule has 0 aromatic rings. The minimum atomic E-state index is -4.50. The fourth-order valence-corrected chi connectivity index (χ4v) is 1.04. The van der Waals surface area contributed by atoms with Gasteiger partial charge in [0.05, 0.1) is 12.7 Å². The van der Waals surface area contributed by atoms with Crippen LogP contribution < -0.4 is 5.73 Å². The molecule has 0 rings (SSSR count). The van der Waals surface area contributed by atoms with Crippen LogP contribution >= 0.6 is 0 Å². The van der Waals surface area contributed by atoms with Crippen LogP contribution in [-0.2, 0) is 4.74 Å². The average molecular weight is 249 g/mol. The topological polar surface area (TPSA) is 35.2 Å². The van der Waals surface area contributed by atoms with Crippen molar-refractivity contribution in [1.82, 2.24) is 0 Å². The van der Waals surface area contributed by atoms with Crippen molar-refractivity contribution < 1.29 is 17.9 Å². The van der Waals surface area contributed by atoms with E-state index in [-0.39, 0.29) is 5.92 Å². The lowest BCUT2D eigenvalue weighted by Crippen LogP contribution is -2.14. The number of methoxy groups -OCH3 is 1. The van der Waals surface area contributed by atoms with E-state index in [0.717, 1.165) is 19.6 Å². The van der Waals surface area contributed by atoms with E-state index in [1.165, 1.54) is 6.08 Å². The molecule has 0 aliphatic carbocycles. The number of hydrogen-bond acceptors (Lipinski definition) is 2. The Labute approximate surface area is 99.6 Å². The van der Waals surface area contributed by atoms with Gasteiger partial charge in [0.1, 0.15) is 5.76 Å². The molecule has 5 heteroatoms. The number of allylic oxidation sites excluding steroid dienone is 4. The van der Waals surface area contributed by atoms with Crippen molar-refractivity contribution in [2.45, 2.75) is 26.4 Å². The molecule has 1 unspecified atom stereocenters. The molecule has 0 radical (unpaired) electrons. The van der Waals surface area contributed by atoms with Gasteiger partial charge in [0.2, 0.25) is 0 Å². The van der Waals surface area contributed by atoms with E-state index in [0.29, 0.717) is 5.70 Å². The lowest BCUT2D eigenvalue weighted by molar-refractivity contribution is -0.0930. The van der Waals surface area contributed by atoms with Gasteiger partial charge in [-0.2, -0.15) is 13.2 Å². The summed E-state index contributed by atoms with van der Waals surface area (Å²) in [4.78, 5) is 0. The predicted octanol–water partition coefficient (Wildman–Crippen LogP) is 3.52. The Kier molecular flexibility index (Phi) is 5.85. The molecule has 0 aromatic heterocycles. The minimum Gasteiger partial charge on any atom is -0.497 e. The van der Waals surface area contributed by atoms with Gasteiger partial charge in [-0.1, -0.05) is 20.4 Å². The Morgan fingerprint density at radius 2 is 1.94 bits per heavy atom. The summed E-state index contributed by atoms with van der Waals surface area (Å²) < 4.78 is 42.3. The maximum Gasteiger partial charge on any atom is 0.419 e. The largest absolute Gasteiger partial charge is 0.497 e. The summed E-state index contributed by atoms with van der Waals surface area (Å²) >= 11 is 0. The second-order valence-electron chi connectivity index (χ2n) is 3.68. The first-order valence-corrected chi connectivity index (χ1v) is 5.21. The number of alkyl halides is 3. The number of halogens is 3. The third-order valence-electron chi connectivity index (χ3n) is 2.48. The van der Waals surface area contributed by atoms with E-state index in [2.05, 4.69) is 11.3 Å². The van der Waals surface area contributed by atoms with E-state index in [1.54, 1.807) is 0 Å². The molecular weight excluding hydrogens is 231 g/mol. The molecule has 0 aliphatic heterocycles. The van der Waals surface area contributed by atoms with Gasteiger partial charge in [0.25, 0.3) is 0 Å². The maximum absolute atomic E-state index is 12.6. The lowest BCUT2D eigenvalue weighted by atomic mass is 10.0. The molecule has 0 amide bonds. The fourth-order valence-electron chi connectivity index (χ4n) is 1.04. The Balaban J connectivity index is 5.15. The summed E-state index contributed by atoms with van der Waals surface area (Å²) in [6, 6.07) is 0. The van der Waals surface area contributed by atoms with Crippen molar-refractivity contribution in [3.8, 4) is 0 Å². The Morgan fingerprint density at radius 1 is 1.41 bits per heavy atom. The highest BCUT2D eigenvalue weighted by Crippen LogP contribution is 2.31. The zero-order chi connectivity index (χ0) is 13.6. The highest BCUT2D eigenvalue weighted by atomic mass is 19.4. The van der Waals surface area contributed by atoms with Crippen molar-refractivity contribution in [1.29, 1.82) is 0 Å². The van der Waals surface area contributed by atoms with Gasteiger partial charge in [-0.3, -0.25) is 0 Å². The van der Waals surface area contributed by atoms with Crippen LogP contribution in [0.25, 0.3) is 0 Å². The summed E-state index contributed by atoms with van der Waals surface area (Å²) in [5.74, 6) is -0.387. The van der Waals surface area contributed by atoms with Crippen molar-refractivity contribution in [2.24, 2.45) is 11.7 Å². The van der Waals surface area contributed by atoms with E-state index in [9.17, 15) is 13.2 Å². The molecule has 0 aromatic carbocycles. The zero-order valence-electron chi connectivity index (χ0n) is 10.3. The molecule has 0 fully saturated rings. The summed E-state index contributed by atoms with van der Waals surface area (Å²) in [5, 5.41) is 0. The van der Waals surface area contributed by atoms with Gasteiger partial charge in [-0.15, -0.1) is 0 Å². The van der Waals surface area contributed by atoms with E-state index in [4.69, 9.17) is 5.73 Å². The molecule has 1 atom stereocenters. The number of hydrogen-bond donors (Lipinski definition) is 1. The SMILES string of the molecule is C=C(OC)/C(=C\C=C(\N)C(C)CC)C(F)(F)F. The van der Waals surface area contributed by atoms with Crippen LogP contribution in [0.5, 0.6) is 0 Å². The molecule has 0 spiro atoms. The van der Waals surface area contributed by atoms with Gasteiger partial charge >= 0.3 is 6.18 Å². The number of ether oxygens (including phenoxy) is 1. The normalized spacial score (nSPS) is 15.6. The van der Waals surface area contributed by atoms with Crippen molar-refractivity contribution in [3.05, 3.63) is 35.8 Å². The van der Waals surface area contributed by atoms with Crippen LogP contribution in [0.4, 0.5) is 13.2 Å². The third kappa shape index (κ3) is 4.97. The van der Waals surface area contributed by atoms with Crippen LogP contribution in [0.3, 0.4) is 0 Å². The lowest BCUT2D eigenvalue weighted by Gasteiger charge is -2.13. The van der Waals surface area contributed by atoms with Crippen LogP contribution in [0, 0.1) is 5.92 Å². The van der Waals surface area contributed by atoms with E-state index >= 15 is 0 Å². The first-order valence-electron chi connectivity index (χ1n) is 5.21. The number of rotatable bonds is 5. The van der Waals surface area contributed by atoms with Gasteiger partial charge in [0, 0.05) is 5.70 Å². The maximum atomic E-state index is 12.6.